The predicted molar refractivity (Wildman–Crippen MR) is 72.3 cm³/mol. The number of aromatic nitrogens is 2. The molecule has 0 unspecified atom stereocenters. The molecule has 1 heterocycles. The predicted octanol–water partition coefficient (Wildman–Crippen LogP) is 1.79. The lowest BCUT2D eigenvalue weighted by Gasteiger charge is -2.15. The molecular formula is C12H18ClN3O2S. The smallest absolute Gasteiger partial charge is 0.261 e. The van der Waals surface area contributed by atoms with E-state index in [1.54, 1.807) is 7.05 Å². The maximum absolute atomic E-state index is 12.2. The Morgan fingerprint density at radius 1 is 1.42 bits per heavy atom. The van der Waals surface area contributed by atoms with Gasteiger partial charge in [0.2, 0.25) is 5.03 Å². The van der Waals surface area contributed by atoms with E-state index in [-0.39, 0.29) is 10.2 Å². The number of aryl methyl sites for hydroxylation is 1. The van der Waals surface area contributed by atoms with E-state index in [1.807, 2.05) is 0 Å². The molecule has 0 bridgehead atoms. The first-order chi connectivity index (χ1) is 8.99. The molecule has 2 saturated carbocycles. The minimum absolute atomic E-state index is 0.0676. The molecule has 2 aliphatic rings. The number of sulfonamides is 1. The Hall–Kier alpha value is -0.590. The molecule has 0 atom stereocenters. The molecule has 1 N–H and O–H groups in total. The lowest BCUT2D eigenvalue weighted by Crippen LogP contribution is -2.31. The molecule has 0 aromatic carbocycles. The second kappa shape index (κ2) is 4.75. The van der Waals surface area contributed by atoms with E-state index in [4.69, 9.17) is 11.6 Å². The van der Waals surface area contributed by atoms with Gasteiger partial charge in [0.25, 0.3) is 10.0 Å². The van der Waals surface area contributed by atoms with Crippen LogP contribution in [0.15, 0.2) is 11.4 Å². The zero-order chi connectivity index (χ0) is 13.6. The van der Waals surface area contributed by atoms with Crippen molar-refractivity contribution in [1.29, 1.82) is 0 Å². The molecule has 0 amide bonds. The highest BCUT2D eigenvalue weighted by Crippen LogP contribution is 2.48. The second-order valence-corrected chi connectivity index (χ2v) is 7.68. The summed E-state index contributed by atoms with van der Waals surface area (Å²) < 4.78 is 28.6. The quantitative estimate of drug-likeness (QED) is 0.871. The minimum atomic E-state index is -3.59. The minimum Gasteiger partial charge on any atom is -0.324 e. The van der Waals surface area contributed by atoms with Gasteiger partial charge in [-0.3, -0.25) is 0 Å². The molecule has 3 rings (SSSR count). The molecule has 1 aromatic rings. The number of hydrogen-bond acceptors (Lipinski definition) is 3. The maximum atomic E-state index is 12.2. The molecule has 5 nitrogen and oxygen atoms in total. The number of imidazole rings is 1. The molecule has 0 saturated heterocycles. The van der Waals surface area contributed by atoms with Crippen LogP contribution in [0.2, 0.25) is 5.15 Å². The Balaban J connectivity index is 1.69. The number of hydrogen-bond donors (Lipinski definition) is 1. The highest BCUT2D eigenvalue weighted by molar-refractivity contribution is 7.89. The van der Waals surface area contributed by atoms with Gasteiger partial charge in [0.1, 0.15) is 5.15 Å². The Bertz CT molecular complexity index is 564. The zero-order valence-corrected chi connectivity index (χ0v) is 12.4. The normalized spacial score (nSPS) is 20.2. The van der Waals surface area contributed by atoms with E-state index in [0.29, 0.717) is 12.5 Å². The third kappa shape index (κ3) is 2.80. The Morgan fingerprint density at radius 2 is 2.00 bits per heavy atom. The van der Waals surface area contributed by atoms with Crippen molar-refractivity contribution in [3.05, 3.63) is 11.5 Å². The summed E-state index contributed by atoms with van der Waals surface area (Å²) in [6, 6.07) is 0. The number of rotatable bonds is 6. The van der Waals surface area contributed by atoms with Crippen LogP contribution in [0.25, 0.3) is 0 Å². The van der Waals surface area contributed by atoms with E-state index in [2.05, 4.69) is 9.71 Å². The zero-order valence-electron chi connectivity index (χ0n) is 10.8. The summed E-state index contributed by atoms with van der Waals surface area (Å²) in [7, 11) is -1.92. The topological polar surface area (TPSA) is 64.0 Å². The summed E-state index contributed by atoms with van der Waals surface area (Å²) in [6.45, 7) is 0.518. The summed E-state index contributed by atoms with van der Waals surface area (Å²) in [5.41, 5.74) is 0. The van der Waals surface area contributed by atoms with Crippen LogP contribution in [0.1, 0.15) is 25.7 Å². The first-order valence-corrected chi connectivity index (χ1v) is 8.51. The van der Waals surface area contributed by atoms with E-state index >= 15 is 0 Å². The van der Waals surface area contributed by atoms with Crippen molar-refractivity contribution in [3.8, 4) is 0 Å². The number of nitrogens with one attached hydrogen (secondary N) is 1. The van der Waals surface area contributed by atoms with Crippen molar-refractivity contribution in [2.75, 3.05) is 6.54 Å². The van der Waals surface area contributed by atoms with Crippen LogP contribution >= 0.6 is 11.6 Å². The van der Waals surface area contributed by atoms with Crippen LogP contribution in [-0.2, 0) is 17.1 Å². The van der Waals surface area contributed by atoms with Crippen LogP contribution in [0.3, 0.4) is 0 Å². The molecule has 1 aromatic heterocycles. The van der Waals surface area contributed by atoms with Crippen LogP contribution in [0, 0.1) is 17.8 Å². The molecule has 19 heavy (non-hydrogen) atoms. The second-order valence-electron chi connectivity index (χ2n) is 5.64. The van der Waals surface area contributed by atoms with Crippen LogP contribution in [-0.4, -0.2) is 24.5 Å². The van der Waals surface area contributed by atoms with Gasteiger partial charge in [-0.15, -0.1) is 0 Å². The van der Waals surface area contributed by atoms with Gasteiger partial charge in [-0.1, -0.05) is 11.6 Å². The van der Waals surface area contributed by atoms with Gasteiger partial charge in [-0.05, 0) is 43.4 Å². The van der Waals surface area contributed by atoms with Gasteiger partial charge in [-0.2, -0.15) is 0 Å². The van der Waals surface area contributed by atoms with Crippen molar-refractivity contribution in [2.45, 2.75) is 30.7 Å². The first kappa shape index (κ1) is 13.4. The summed E-state index contributed by atoms with van der Waals surface area (Å²) >= 11 is 5.94. The van der Waals surface area contributed by atoms with Gasteiger partial charge in [0.05, 0.1) is 6.33 Å². The molecular weight excluding hydrogens is 286 g/mol. The molecule has 2 aliphatic carbocycles. The number of halogens is 1. The highest BCUT2D eigenvalue weighted by atomic mass is 35.5. The van der Waals surface area contributed by atoms with Crippen molar-refractivity contribution in [2.24, 2.45) is 24.8 Å². The third-order valence-corrected chi connectivity index (χ3v) is 5.97. The molecule has 0 aliphatic heterocycles. The Kier molecular flexibility index (Phi) is 3.35. The molecule has 0 radical (unpaired) electrons. The summed E-state index contributed by atoms with van der Waals surface area (Å²) in [5.74, 6) is 1.93. The maximum Gasteiger partial charge on any atom is 0.261 e. The fraction of sp³-hybridized carbons (Fsp3) is 0.750. The standard InChI is InChI=1S/C12H18ClN3O2S/c1-16-7-14-12(11(16)13)19(17,18)15-6-10(8-2-3-8)9-4-5-9/h7-10,15H,2-6H2,1H3. The summed E-state index contributed by atoms with van der Waals surface area (Å²) in [6.07, 6.45) is 6.39. The average molecular weight is 304 g/mol. The largest absolute Gasteiger partial charge is 0.324 e. The monoisotopic (exact) mass is 303 g/mol. The van der Waals surface area contributed by atoms with E-state index in [1.165, 1.54) is 36.6 Å². The lowest BCUT2D eigenvalue weighted by molar-refractivity contribution is 0.401. The van der Waals surface area contributed by atoms with Gasteiger partial charge in [0.15, 0.2) is 0 Å². The van der Waals surface area contributed by atoms with Crippen molar-refractivity contribution < 1.29 is 8.42 Å². The van der Waals surface area contributed by atoms with Crippen molar-refractivity contribution in [1.82, 2.24) is 14.3 Å². The molecule has 7 heteroatoms. The highest BCUT2D eigenvalue weighted by Gasteiger charge is 2.41. The average Bonchev–Trinajstić information content (AvgIpc) is 3.23. The SMILES string of the molecule is Cn1cnc(S(=O)(=O)NCC(C2CC2)C2CC2)c1Cl. The Morgan fingerprint density at radius 3 is 2.42 bits per heavy atom. The summed E-state index contributed by atoms with van der Waals surface area (Å²) in [5, 5.41) is 0.0869. The van der Waals surface area contributed by atoms with E-state index in [0.717, 1.165) is 11.8 Å². The fourth-order valence-corrected chi connectivity index (χ4v) is 4.11. The molecule has 2 fully saturated rings. The van der Waals surface area contributed by atoms with Gasteiger partial charge < -0.3 is 4.57 Å². The van der Waals surface area contributed by atoms with Crippen molar-refractivity contribution in [3.63, 3.8) is 0 Å². The molecule has 0 spiro atoms. The van der Waals surface area contributed by atoms with Crippen LogP contribution in [0.4, 0.5) is 0 Å². The lowest BCUT2D eigenvalue weighted by atomic mass is 9.99. The van der Waals surface area contributed by atoms with Gasteiger partial charge in [0, 0.05) is 13.6 Å². The van der Waals surface area contributed by atoms with Gasteiger partial charge in [-0.25, -0.2) is 18.1 Å². The number of nitrogens with zero attached hydrogens (tertiary/aromatic N) is 2. The van der Waals surface area contributed by atoms with Crippen LogP contribution < -0.4 is 4.72 Å². The molecule has 106 valence electrons. The summed E-state index contributed by atoms with van der Waals surface area (Å²) in [4.78, 5) is 3.87. The van der Waals surface area contributed by atoms with Crippen molar-refractivity contribution >= 4 is 21.6 Å². The van der Waals surface area contributed by atoms with E-state index < -0.39 is 10.0 Å². The first-order valence-electron chi connectivity index (χ1n) is 6.65. The fourth-order valence-electron chi connectivity index (χ4n) is 2.62. The van der Waals surface area contributed by atoms with Crippen LogP contribution in [0.5, 0.6) is 0 Å². The van der Waals surface area contributed by atoms with E-state index in [9.17, 15) is 8.42 Å². The van der Waals surface area contributed by atoms with Gasteiger partial charge >= 0.3 is 0 Å². The third-order valence-electron chi connectivity index (χ3n) is 4.05. The Labute approximate surface area is 118 Å².